The summed E-state index contributed by atoms with van der Waals surface area (Å²) in [6.07, 6.45) is 39.0. The van der Waals surface area contributed by atoms with Crippen LogP contribution < -0.4 is 4.74 Å². The van der Waals surface area contributed by atoms with Gasteiger partial charge in [0.2, 0.25) is 105 Å². The van der Waals surface area contributed by atoms with Crippen LogP contribution in [0.5, 0.6) is 5.75 Å². The van der Waals surface area contributed by atoms with E-state index in [2.05, 4.69) is 296 Å². The Balaban J connectivity index is 0.0000000976. The van der Waals surface area contributed by atoms with Gasteiger partial charge in [-0.15, -0.1) is 4.70 Å². The van der Waals surface area contributed by atoms with Gasteiger partial charge in [-0.05, 0) is 141 Å². The average molecular weight is 1820 g/mol. The number of fused-ring (bicyclic) bond motifs is 12. The maximum atomic E-state index is 12.4. The summed E-state index contributed by atoms with van der Waals surface area (Å²) in [7, 11) is 7.81. The van der Waals surface area contributed by atoms with Crippen LogP contribution in [0.2, 0.25) is 0 Å². The fraction of sp³-hybridized carbons (Fsp3) is 0.224. The molecule has 9 aromatic heterocycles. The number of ether oxygens (including phenoxy) is 1. The fourth-order valence-corrected chi connectivity index (χ4v) is 18.1. The number of para-hydroxylation sites is 5. The number of allylic oxidation sites excluding steroid dienone is 1. The first-order valence-electron chi connectivity index (χ1n) is 46.1. The van der Waals surface area contributed by atoms with Gasteiger partial charge in [0.05, 0.1) is 30.6 Å². The Morgan fingerprint density at radius 1 is 0.397 bits per heavy atom. The number of rotatable bonds is 8. The van der Waals surface area contributed by atoms with E-state index in [4.69, 9.17) is 4.74 Å². The van der Waals surface area contributed by atoms with Crippen LogP contribution >= 0.6 is 0 Å². The first-order chi connectivity index (χ1) is 66.5. The maximum absolute atomic E-state index is 12.4. The Labute approximate surface area is 788 Å². The van der Waals surface area contributed by atoms with Crippen molar-refractivity contribution in [3.8, 4) is 5.75 Å². The van der Waals surface area contributed by atoms with Gasteiger partial charge in [0.15, 0.2) is 56.6 Å². The van der Waals surface area contributed by atoms with Crippen molar-refractivity contribution in [2.24, 2.45) is 15.3 Å². The zero-order valence-electron chi connectivity index (χ0n) is 77.1. The lowest BCUT2D eigenvalue weighted by atomic mass is 9.95. The number of imidazole rings is 1. The highest BCUT2D eigenvalue weighted by Gasteiger charge is 2.34. The van der Waals surface area contributed by atoms with Gasteiger partial charge < -0.3 is 9.64 Å². The quantitative estimate of drug-likeness (QED) is 0.139. The topological polar surface area (TPSA) is 150 Å². The first-order valence-corrected chi connectivity index (χ1v) is 46.1. The van der Waals surface area contributed by atoms with Crippen LogP contribution in [0.3, 0.4) is 0 Å². The number of halogens is 3. The van der Waals surface area contributed by atoms with Gasteiger partial charge in [0.1, 0.15) is 66.0 Å². The summed E-state index contributed by atoms with van der Waals surface area (Å²) >= 11 is 0. The number of benzene rings is 7. The third-order valence-corrected chi connectivity index (χ3v) is 25.1. The number of nitrogens with zero attached hydrogens (tertiary/aromatic N) is 25. The van der Waals surface area contributed by atoms with Gasteiger partial charge in [0.25, 0.3) is 13.3 Å². The van der Waals surface area contributed by atoms with E-state index in [9.17, 15) is 13.2 Å². The Morgan fingerprint density at radius 3 is 1.49 bits per heavy atom. The molecule has 0 N–H and O–H groups in total. The van der Waals surface area contributed by atoms with Crippen LogP contribution in [0.4, 0.5) is 64.7 Å². The molecule has 28 rings (SSSR count). The SMILES string of the molecule is C1=[N+](C2CCCCC2)Cn2c1cc1ccccc12.C1=[N+](c2ccccc2)Cn2nccc21.COc1ccc([N+]2=CC3=CCCN3C2)cc1.C[N+]1=Cc2cccn2C1.C[N+]1=Cc2cccn2C1.C[N+]1=Nc2cccn2C1.Cc1ccccc1[N+]1=Cc2cccn2C1.FC(F)(F)c1ccc([N+]2=Cc3cccn3C2)cc1.c1ccc([N+]2=Nc3cccn3C2)cc1.c1ccc([N+]2=Nc3cncn3C2)cc1. The number of hydrogen-bond acceptors (Lipinski definition) is 7. The second-order valence-corrected chi connectivity index (χ2v) is 34.8. The maximum Gasteiger partial charge on any atom is 0.416 e. The molecule has 29 heteroatoms. The number of aromatic nitrogens is 11. The first kappa shape index (κ1) is 89.0. The standard InChI is InChI=1S/C16H19N2.C13H10F3N2.C13H15N2O.C13H13N2.2C11H10N3.C10H9N4.2C7H9N2.C6H8N3/c1-2-7-14(8-3-1)17-11-15-10-13-6-4-5-9-16(13)18(15)12-17;14-13(15,16)10-3-5-11(6-4-10)18-8-12-2-1-7-17(12)9-18;1-16-13-6-4-11(5-7-13)15-9-12-3-2-8-14(12)10-15;1-11-5-2-3-7-13(11)15-9-12-6-4-8-14(12)10-15;1-2-5-10(6-3-1)14-9-13-8-4-7-11(13)12-14;1-2-4-10(5-3-1)13-8-11-6-7-12-14(11)9-13;1-2-4-9(5-3-1)14-8-13-7-11-6-10(13)12-14;2*1-8-5-7-3-2-4-9(7)6-8;1-8-5-9-4-2-3-6(9)7-8/h4-6,9-11,14H,1-3,7-8,12H2;1-8H,9H2;3-7,9H,2,8,10H2,1H3;2-9H,10H2,1H3;2*1-8H,9H2;1-7H,8H2;2*2-5H,6H2,1H3;2-4H,5H2,1H3/q10*+1. The molecule has 12 aliphatic rings. The fourth-order valence-electron chi connectivity index (χ4n) is 18.1. The van der Waals surface area contributed by atoms with Gasteiger partial charge in [-0.25, -0.2) is 18.7 Å². The molecule has 26 nitrogen and oxygen atoms in total. The van der Waals surface area contributed by atoms with Crippen molar-refractivity contribution in [3.63, 3.8) is 0 Å². The van der Waals surface area contributed by atoms with Crippen molar-refractivity contribution in [3.05, 3.63) is 386 Å². The highest BCUT2D eigenvalue weighted by atomic mass is 19.4. The van der Waals surface area contributed by atoms with E-state index in [1.165, 1.54) is 113 Å². The minimum Gasteiger partial charge on any atom is -0.497 e. The van der Waals surface area contributed by atoms with E-state index in [0.29, 0.717) is 6.67 Å². The molecule has 0 amide bonds. The van der Waals surface area contributed by atoms with E-state index >= 15 is 0 Å². The molecule has 0 atom stereocenters. The van der Waals surface area contributed by atoms with E-state index in [1.807, 2.05) is 192 Å². The van der Waals surface area contributed by atoms with Gasteiger partial charge in [-0.2, -0.15) is 41.3 Å². The largest absolute Gasteiger partial charge is 0.497 e. The number of methoxy groups -OCH3 is 1. The molecule has 0 spiro atoms. The summed E-state index contributed by atoms with van der Waals surface area (Å²) in [6, 6.07) is 90.8. The molecule has 7 aromatic carbocycles. The van der Waals surface area contributed by atoms with Crippen molar-refractivity contribution < 1.29 is 64.0 Å². The van der Waals surface area contributed by atoms with Crippen molar-refractivity contribution in [2.75, 3.05) is 41.5 Å². The molecule has 0 saturated heterocycles. The van der Waals surface area contributed by atoms with Gasteiger partial charge >= 0.3 is 6.18 Å². The summed E-state index contributed by atoms with van der Waals surface area (Å²) in [6.45, 7) is 12.1. The van der Waals surface area contributed by atoms with Crippen molar-refractivity contribution in [2.45, 2.75) is 118 Å². The molecule has 20 heterocycles. The molecule has 136 heavy (non-hydrogen) atoms. The van der Waals surface area contributed by atoms with Crippen LogP contribution in [0.15, 0.2) is 356 Å². The highest BCUT2D eigenvalue weighted by molar-refractivity contribution is 5.90. The zero-order valence-corrected chi connectivity index (χ0v) is 77.1. The molecule has 682 valence electrons. The number of alkyl halides is 3. The van der Waals surface area contributed by atoms with Crippen molar-refractivity contribution >= 4 is 106 Å². The molecule has 0 radical (unpaired) electrons. The lowest BCUT2D eigenvalue weighted by Gasteiger charge is -2.18. The van der Waals surface area contributed by atoms with Crippen LogP contribution in [-0.2, 0) is 66.2 Å². The smallest absolute Gasteiger partial charge is 0.416 e. The lowest BCUT2D eigenvalue weighted by molar-refractivity contribution is -0.587. The number of azo groups is 6. The Bertz CT molecular complexity index is 6920. The summed E-state index contributed by atoms with van der Waals surface area (Å²) in [5, 5.41) is 18.7. The van der Waals surface area contributed by atoms with Gasteiger partial charge in [-0.1, -0.05) is 113 Å². The molecule has 1 saturated carbocycles. The predicted octanol–water partition coefficient (Wildman–Crippen LogP) is 20.1. The molecule has 1 fully saturated rings. The third kappa shape index (κ3) is 21.1. The van der Waals surface area contributed by atoms with E-state index < -0.39 is 11.7 Å². The molecule has 1 aliphatic carbocycles. The summed E-state index contributed by atoms with van der Waals surface area (Å²) in [4.78, 5) is 6.41. The van der Waals surface area contributed by atoms with E-state index in [0.717, 1.165) is 136 Å². The summed E-state index contributed by atoms with van der Waals surface area (Å²) in [5.41, 5.74) is 17.6. The molecule has 0 unspecified atom stereocenters. The Morgan fingerprint density at radius 2 is 0.904 bits per heavy atom. The van der Waals surface area contributed by atoms with E-state index in [1.54, 1.807) is 19.6 Å². The Hall–Kier alpha value is -16.2. The molecule has 16 aromatic rings. The van der Waals surface area contributed by atoms with Gasteiger partial charge in [0, 0.05) is 150 Å². The zero-order chi connectivity index (χ0) is 92.9. The lowest BCUT2D eigenvalue weighted by Crippen LogP contribution is -2.27. The van der Waals surface area contributed by atoms with Gasteiger partial charge in [-0.3, -0.25) is 36.5 Å². The third-order valence-electron chi connectivity index (χ3n) is 25.1. The Kier molecular flexibility index (Phi) is 26.8. The number of hydrogen-bond donors (Lipinski definition) is 0. The highest BCUT2D eigenvalue weighted by Crippen LogP contribution is 2.34. The summed E-state index contributed by atoms with van der Waals surface area (Å²) in [5.74, 6) is 3.89. The van der Waals surface area contributed by atoms with Crippen molar-refractivity contribution in [1.82, 2.24) is 56.2 Å². The van der Waals surface area contributed by atoms with Crippen LogP contribution in [0, 0.1) is 6.92 Å². The molecule has 0 bridgehead atoms. The number of aryl methyl sites for hydroxylation is 1. The molecular weight excluding hydrogens is 1710 g/mol. The second kappa shape index (κ2) is 40.9. The minimum atomic E-state index is -4.28. The average Bonchev–Trinajstić information content (AvgIpc) is 1.61. The normalized spacial score (nSPS) is 15.6. The summed E-state index contributed by atoms with van der Waals surface area (Å²) < 4.78 is 83.2. The van der Waals surface area contributed by atoms with E-state index in [-0.39, 0.29) is 0 Å². The van der Waals surface area contributed by atoms with Crippen LogP contribution in [-0.4, -0.2) is 193 Å². The predicted molar refractivity (Wildman–Crippen MR) is 521 cm³/mol. The van der Waals surface area contributed by atoms with Crippen LogP contribution in [0.25, 0.3) is 10.9 Å². The second-order valence-electron chi connectivity index (χ2n) is 34.8. The molecular formula is C107H112F3N25O+10. The van der Waals surface area contributed by atoms with Crippen LogP contribution in [0.1, 0.15) is 83.8 Å². The molecule has 11 aliphatic heterocycles. The van der Waals surface area contributed by atoms with Crippen molar-refractivity contribution in [1.29, 1.82) is 0 Å². The minimum absolute atomic E-state index is 0.620. The monoisotopic (exact) mass is 1820 g/mol.